The minimum absolute atomic E-state index is 0.0262. The molecule has 0 aliphatic carbocycles. The van der Waals surface area contributed by atoms with Gasteiger partial charge in [0, 0.05) is 24.7 Å². The highest BCUT2D eigenvalue weighted by Crippen LogP contribution is 2.26. The second kappa shape index (κ2) is 9.39. The molecule has 6 heteroatoms. The summed E-state index contributed by atoms with van der Waals surface area (Å²) in [5.41, 5.74) is -0.0432. The number of nitrogens with one attached hydrogen (secondary N) is 1. The van der Waals surface area contributed by atoms with E-state index in [2.05, 4.69) is 19.2 Å². The van der Waals surface area contributed by atoms with E-state index < -0.39 is 5.60 Å². The second-order valence-electron chi connectivity index (χ2n) is 9.02. The van der Waals surface area contributed by atoms with Crippen LogP contribution < -0.4 is 5.32 Å². The van der Waals surface area contributed by atoms with Crippen LogP contribution in [-0.2, 0) is 4.74 Å². The SMILES string of the molecule is CC(C)C[C@@H](NC(=O)c1ccc(F)cc1)C1CCN(C(=O)OC(C)(C)C)CC1. The zero-order chi connectivity index (χ0) is 20.9. The fourth-order valence-electron chi connectivity index (χ4n) is 3.54. The highest BCUT2D eigenvalue weighted by Gasteiger charge is 2.31. The Morgan fingerprint density at radius 2 is 1.75 bits per heavy atom. The number of benzene rings is 1. The van der Waals surface area contributed by atoms with Crippen molar-refractivity contribution in [3.63, 3.8) is 0 Å². The second-order valence-corrected chi connectivity index (χ2v) is 9.02. The number of carbonyl (C=O) groups is 2. The minimum atomic E-state index is -0.503. The van der Waals surface area contributed by atoms with Crippen molar-refractivity contribution < 1.29 is 18.7 Å². The van der Waals surface area contributed by atoms with Crippen LogP contribution in [0, 0.1) is 17.7 Å². The van der Waals surface area contributed by atoms with Gasteiger partial charge in [0.25, 0.3) is 5.91 Å². The zero-order valence-electron chi connectivity index (χ0n) is 17.6. The maximum Gasteiger partial charge on any atom is 0.410 e. The molecule has 1 atom stereocenters. The van der Waals surface area contributed by atoms with Gasteiger partial charge in [-0.3, -0.25) is 4.79 Å². The summed E-state index contributed by atoms with van der Waals surface area (Å²) in [6, 6.07) is 5.63. The molecule has 1 fully saturated rings. The van der Waals surface area contributed by atoms with Crippen LogP contribution in [0.3, 0.4) is 0 Å². The van der Waals surface area contributed by atoms with Gasteiger partial charge >= 0.3 is 6.09 Å². The summed E-state index contributed by atoms with van der Waals surface area (Å²) in [4.78, 5) is 26.6. The highest BCUT2D eigenvalue weighted by atomic mass is 19.1. The van der Waals surface area contributed by atoms with Gasteiger partial charge in [-0.25, -0.2) is 9.18 Å². The number of ether oxygens (including phenoxy) is 1. The molecule has 1 aliphatic heterocycles. The van der Waals surface area contributed by atoms with E-state index in [9.17, 15) is 14.0 Å². The van der Waals surface area contributed by atoms with Gasteiger partial charge < -0.3 is 15.0 Å². The summed E-state index contributed by atoms with van der Waals surface area (Å²) in [6.07, 6.45) is 2.23. The van der Waals surface area contributed by atoms with Gasteiger partial charge in [-0.2, -0.15) is 0 Å². The molecular formula is C22H33FN2O3. The van der Waals surface area contributed by atoms with E-state index in [1.807, 2.05) is 20.8 Å². The Kier molecular flexibility index (Phi) is 7.44. The van der Waals surface area contributed by atoms with Crippen molar-refractivity contribution in [2.75, 3.05) is 13.1 Å². The van der Waals surface area contributed by atoms with Crippen molar-refractivity contribution in [2.24, 2.45) is 11.8 Å². The first kappa shape index (κ1) is 22.2. The zero-order valence-corrected chi connectivity index (χ0v) is 17.6. The van der Waals surface area contributed by atoms with Crippen molar-refractivity contribution in [2.45, 2.75) is 65.5 Å². The normalized spacial score (nSPS) is 16.8. The molecule has 1 aromatic carbocycles. The summed E-state index contributed by atoms with van der Waals surface area (Å²) >= 11 is 0. The Morgan fingerprint density at radius 1 is 1.18 bits per heavy atom. The van der Waals surface area contributed by atoms with Gasteiger partial charge in [-0.1, -0.05) is 13.8 Å². The molecule has 1 aliphatic rings. The average molecular weight is 393 g/mol. The highest BCUT2D eigenvalue weighted by molar-refractivity contribution is 5.94. The van der Waals surface area contributed by atoms with E-state index in [-0.39, 0.29) is 23.9 Å². The monoisotopic (exact) mass is 392 g/mol. The molecule has 0 aromatic heterocycles. The quantitative estimate of drug-likeness (QED) is 0.796. The van der Waals surface area contributed by atoms with E-state index in [1.54, 1.807) is 4.90 Å². The molecule has 1 aromatic rings. The molecule has 1 saturated heterocycles. The van der Waals surface area contributed by atoms with Crippen molar-refractivity contribution in [1.29, 1.82) is 0 Å². The summed E-state index contributed by atoms with van der Waals surface area (Å²) in [5, 5.41) is 3.14. The standard InChI is InChI=1S/C22H33FN2O3/c1-15(2)14-19(24-20(26)17-6-8-18(23)9-7-17)16-10-12-25(13-11-16)21(27)28-22(3,4)5/h6-9,15-16,19H,10-14H2,1-5H3,(H,24,26)/t19-/m1/s1. The molecule has 5 nitrogen and oxygen atoms in total. The number of rotatable bonds is 5. The third-order valence-corrected chi connectivity index (χ3v) is 4.91. The number of hydrogen-bond acceptors (Lipinski definition) is 3. The number of nitrogens with zero attached hydrogens (tertiary/aromatic N) is 1. The number of piperidine rings is 1. The van der Waals surface area contributed by atoms with Crippen LogP contribution in [0.2, 0.25) is 0 Å². The molecule has 2 rings (SSSR count). The van der Waals surface area contributed by atoms with E-state index in [0.29, 0.717) is 30.5 Å². The molecule has 0 unspecified atom stereocenters. The lowest BCUT2D eigenvalue weighted by atomic mass is 9.85. The molecule has 0 radical (unpaired) electrons. The third-order valence-electron chi connectivity index (χ3n) is 4.91. The lowest BCUT2D eigenvalue weighted by Gasteiger charge is -2.37. The van der Waals surface area contributed by atoms with E-state index in [0.717, 1.165) is 19.3 Å². The van der Waals surface area contributed by atoms with Gasteiger partial charge in [-0.05, 0) is 76.1 Å². The van der Waals surface area contributed by atoms with Crippen LogP contribution in [0.25, 0.3) is 0 Å². The first-order chi connectivity index (χ1) is 13.0. The molecule has 1 heterocycles. The van der Waals surface area contributed by atoms with Crippen LogP contribution in [0.5, 0.6) is 0 Å². The van der Waals surface area contributed by atoms with E-state index >= 15 is 0 Å². The Morgan fingerprint density at radius 3 is 2.25 bits per heavy atom. The van der Waals surface area contributed by atoms with Crippen LogP contribution in [0.15, 0.2) is 24.3 Å². The molecule has 0 saturated carbocycles. The molecule has 0 bridgehead atoms. The first-order valence-electron chi connectivity index (χ1n) is 10.1. The number of hydrogen-bond donors (Lipinski definition) is 1. The Bertz CT molecular complexity index is 659. The van der Waals surface area contributed by atoms with Gasteiger partial charge in [0.15, 0.2) is 0 Å². The topological polar surface area (TPSA) is 58.6 Å². The summed E-state index contributed by atoms with van der Waals surface area (Å²) < 4.78 is 18.6. The Balaban J connectivity index is 1.97. The van der Waals surface area contributed by atoms with Crippen LogP contribution in [0.1, 0.15) is 64.2 Å². The third kappa shape index (κ3) is 6.80. The number of likely N-dealkylation sites (tertiary alicyclic amines) is 1. The number of carbonyl (C=O) groups excluding carboxylic acids is 2. The molecule has 0 spiro atoms. The summed E-state index contributed by atoms with van der Waals surface area (Å²) in [5.74, 6) is 0.193. The summed E-state index contributed by atoms with van der Waals surface area (Å²) in [7, 11) is 0. The van der Waals surface area contributed by atoms with Crippen molar-refractivity contribution in [3.05, 3.63) is 35.6 Å². The maximum absolute atomic E-state index is 13.1. The van der Waals surface area contributed by atoms with Gasteiger partial charge in [0.1, 0.15) is 11.4 Å². The smallest absolute Gasteiger partial charge is 0.410 e. The van der Waals surface area contributed by atoms with Gasteiger partial charge in [0.2, 0.25) is 0 Å². The number of amides is 2. The largest absolute Gasteiger partial charge is 0.444 e. The van der Waals surface area contributed by atoms with Crippen LogP contribution >= 0.6 is 0 Å². The minimum Gasteiger partial charge on any atom is -0.444 e. The lowest BCUT2D eigenvalue weighted by molar-refractivity contribution is 0.0164. The van der Waals surface area contributed by atoms with Crippen LogP contribution in [0.4, 0.5) is 9.18 Å². The molecule has 1 N–H and O–H groups in total. The molecule has 28 heavy (non-hydrogen) atoms. The van der Waals surface area contributed by atoms with Gasteiger partial charge in [-0.15, -0.1) is 0 Å². The van der Waals surface area contributed by atoms with Gasteiger partial charge in [0.05, 0.1) is 0 Å². The molecule has 156 valence electrons. The summed E-state index contributed by atoms with van der Waals surface area (Å²) in [6.45, 7) is 11.1. The van der Waals surface area contributed by atoms with E-state index in [1.165, 1.54) is 24.3 Å². The van der Waals surface area contributed by atoms with E-state index in [4.69, 9.17) is 4.74 Å². The van der Waals surface area contributed by atoms with Crippen LogP contribution in [-0.4, -0.2) is 41.6 Å². The molecule has 2 amide bonds. The van der Waals surface area contributed by atoms with Crippen molar-refractivity contribution in [3.8, 4) is 0 Å². The molecular weight excluding hydrogens is 359 g/mol. The fraction of sp³-hybridized carbons (Fsp3) is 0.636. The Hall–Kier alpha value is -2.11. The van der Waals surface area contributed by atoms with Crippen molar-refractivity contribution in [1.82, 2.24) is 10.2 Å². The predicted molar refractivity (Wildman–Crippen MR) is 108 cm³/mol. The van der Waals surface area contributed by atoms with Crippen molar-refractivity contribution >= 4 is 12.0 Å². The number of halogens is 1. The Labute approximate surface area is 167 Å². The average Bonchev–Trinajstić information content (AvgIpc) is 2.60. The lowest BCUT2D eigenvalue weighted by Crippen LogP contribution is -2.48. The first-order valence-corrected chi connectivity index (χ1v) is 10.1. The predicted octanol–water partition coefficient (Wildman–Crippen LogP) is 4.62. The maximum atomic E-state index is 13.1. The fourth-order valence-corrected chi connectivity index (χ4v) is 3.54.